The number of rotatable bonds is 3. The van der Waals surface area contributed by atoms with Crippen molar-refractivity contribution >= 4 is 6.08 Å². The highest BCUT2D eigenvalue weighted by molar-refractivity contribution is 5.86. The molecule has 1 aliphatic rings. The summed E-state index contributed by atoms with van der Waals surface area (Å²) in [5.74, 6) is 0. The molecule has 161 valence electrons. The first kappa shape index (κ1) is 22.9. The standard InChI is InChI=1S/C30H41/c1-11-12-20-15-21-13-14-26(30(8,9)10)27(25(21)16-20)22-17-23(28(2,3)4)19-24(18-22)29(5,6)7/h13-19H,11-12H2,1-10H3. The lowest BCUT2D eigenvalue weighted by molar-refractivity contribution is 0.568. The van der Waals surface area contributed by atoms with Crippen LogP contribution in [0, 0.1) is 6.42 Å². The molecule has 1 radical (unpaired) electrons. The summed E-state index contributed by atoms with van der Waals surface area (Å²) in [6.07, 6.45) is 7.18. The Kier molecular flexibility index (Phi) is 5.87. The Labute approximate surface area is 185 Å². The van der Waals surface area contributed by atoms with Crippen LogP contribution in [0.1, 0.15) is 110 Å². The Bertz CT molecular complexity index is 931. The molecule has 0 spiro atoms. The Morgan fingerprint density at radius 1 is 0.700 bits per heavy atom. The lowest BCUT2D eigenvalue weighted by Crippen LogP contribution is -2.18. The molecule has 0 unspecified atom stereocenters. The molecule has 2 aromatic rings. The van der Waals surface area contributed by atoms with Crippen molar-refractivity contribution in [3.05, 3.63) is 70.1 Å². The molecule has 0 aromatic heterocycles. The van der Waals surface area contributed by atoms with Gasteiger partial charge in [0.1, 0.15) is 0 Å². The first-order valence-corrected chi connectivity index (χ1v) is 11.6. The van der Waals surface area contributed by atoms with Gasteiger partial charge >= 0.3 is 0 Å². The van der Waals surface area contributed by atoms with Crippen molar-refractivity contribution in [2.45, 2.75) is 98.3 Å². The van der Waals surface area contributed by atoms with Crippen molar-refractivity contribution < 1.29 is 0 Å². The van der Waals surface area contributed by atoms with Crippen LogP contribution in [-0.2, 0) is 16.2 Å². The highest BCUT2D eigenvalue weighted by atomic mass is 14.3. The zero-order chi connectivity index (χ0) is 22.5. The van der Waals surface area contributed by atoms with Gasteiger partial charge in [0.2, 0.25) is 0 Å². The summed E-state index contributed by atoms with van der Waals surface area (Å²) < 4.78 is 0. The Morgan fingerprint density at radius 2 is 1.27 bits per heavy atom. The summed E-state index contributed by atoms with van der Waals surface area (Å²) in [4.78, 5) is 0. The monoisotopic (exact) mass is 401 g/mol. The van der Waals surface area contributed by atoms with Crippen molar-refractivity contribution in [1.29, 1.82) is 0 Å². The second-order valence-corrected chi connectivity index (χ2v) is 12.2. The molecular weight excluding hydrogens is 360 g/mol. The summed E-state index contributed by atoms with van der Waals surface area (Å²) in [6.45, 7) is 23.2. The number of benzene rings is 2. The summed E-state index contributed by atoms with van der Waals surface area (Å²) in [6, 6.07) is 12.0. The molecule has 1 aliphatic carbocycles. The fourth-order valence-corrected chi connectivity index (χ4v) is 4.35. The highest BCUT2D eigenvalue weighted by Crippen LogP contribution is 2.44. The van der Waals surface area contributed by atoms with E-state index in [1.54, 1.807) is 0 Å². The zero-order valence-corrected chi connectivity index (χ0v) is 21.0. The van der Waals surface area contributed by atoms with Gasteiger partial charge in [0.25, 0.3) is 0 Å². The molecule has 2 aromatic carbocycles. The van der Waals surface area contributed by atoms with Gasteiger partial charge in [-0.3, -0.25) is 0 Å². The van der Waals surface area contributed by atoms with Gasteiger partial charge in [-0.15, -0.1) is 0 Å². The third-order valence-electron chi connectivity index (χ3n) is 6.25. The molecule has 30 heavy (non-hydrogen) atoms. The van der Waals surface area contributed by atoms with Crippen LogP contribution < -0.4 is 0 Å². The van der Waals surface area contributed by atoms with Crippen LogP contribution in [0.25, 0.3) is 17.2 Å². The molecule has 0 aliphatic heterocycles. The number of hydrogen-bond acceptors (Lipinski definition) is 0. The van der Waals surface area contributed by atoms with E-state index in [0.29, 0.717) is 0 Å². The Hall–Kier alpha value is -1.82. The van der Waals surface area contributed by atoms with Gasteiger partial charge in [-0.05, 0) is 61.6 Å². The first-order chi connectivity index (χ1) is 13.7. The molecule has 0 bridgehead atoms. The van der Waals surface area contributed by atoms with Crippen LogP contribution in [0.4, 0.5) is 0 Å². The number of fused-ring (bicyclic) bond motifs is 1. The van der Waals surface area contributed by atoms with E-state index < -0.39 is 0 Å². The lowest BCUT2D eigenvalue weighted by atomic mass is 9.75. The van der Waals surface area contributed by atoms with Crippen molar-refractivity contribution in [3.8, 4) is 11.1 Å². The Morgan fingerprint density at radius 3 is 1.73 bits per heavy atom. The average molecular weight is 402 g/mol. The van der Waals surface area contributed by atoms with Gasteiger partial charge in [-0.25, -0.2) is 0 Å². The topological polar surface area (TPSA) is 0 Å². The van der Waals surface area contributed by atoms with Crippen molar-refractivity contribution in [1.82, 2.24) is 0 Å². The molecule has 0 amide bonds. The molecule has 0 N–H and O–H groups in total. The second kappa shape index (κ2) is 7.70. The fourth-order valence-electron chi connectivity index (χ4n) is 4.35. The van der Waals surface area contributed by atoms with Crippen LogP contribution in [0.2, 0.25) is 0 Å². The molecule has 0 saturated carbocycles. The highest BCUT2D eigenvalue weighted by Gasteiger charge is 2.27. The maximum atomic E-state index is 2.45. The molecule has 0 saturated heterocycles. The van der Waals surface area contributed by atoms with E-state index in [2.05, 4.69) is 112 Å². The van der Waals surface area contributed by atoms with E-state index in [1.807, 2.05) is 0 Å². The summed E-state index contributed by atoms with van der Waals surface area (Å²) >= 11 is 0. The van der Waals surface area contributed by atoms with Crippen LogP contribution >= 0.6 is 0 Å². The fraction of sp³-hybridized carbons (Fsp3) is 0.500. The molecule has 0 heterocycles. The first-order valence-electron chi connectivity index (χ1n) is 11.6. The minimum atomic E-state index is 0.0886. The summed E-state index contributed by atoms with van der Waals surface area (Å²) in [7, 11) is 0. The van der Waals surface area contributed by atoms with Gasteiger partial charge in [0, 0.05) is 6.42 Å². The second-order valence-electron chi connectivity index (χ2n) is 12.2. The molecular formula is C30H41. The van der Waals surface area contributed by atoms with Gasteiger partial charge in [-0.1, -0.05) is 118 Å². The van der Waals surface area contributed by atoms with Crippen LogP contribution in [0.5, 0.6) is 0 Å². The third-order valence-corrected chi connectivity index (χ3v) is 6.25. The van der Waals surface area contributed by atoms with Gasteiger partial charge < -0.3 is 0 Å². The maximum absolute atomic E-state index is 2.45. The van der Waals surface area contributed by atoms with Crippen LogP contribution in [-0.4, -0.2) is 0 Å². The van der Waals surface area contributed by atoms with Crippen molar-refractivity contribution in [2.24, 2.45) is 0 Å². The summed E-state index contributed by atoms with van der Waals surface area (Å²) in [5.41, 5.74) is 11.6. The van der Waals surface area contributed by atoms with Gasteiger partial charge in [0.15, 0.2) is 0 Å². The predicted molar refractivity (Wildman–Crippen MR) is 134 cm³/mol. The van der Waals surface area contributed by atoms with Crippen molar-refractivity contribution in [2.75, 3.05) is 0 Å². The van der Waals surface area contributed by atoms with Gasteiger partial charge in [0.05, 0.1) is 0 Å². The predicted octanol–water partition coefficient (Wildman–Crippen LogP) is 9.00. The minimum Gasteiger partial charge on any atom is -0.0651 e. The van der Waals surface area contributed by atoms with E-state index in [4.69, 9.17) is 0 Å². The maximum Gasteiger partial charge on any atom is 0.0164 e. The Balaban J connectivity index is 2.36. The van der Waals surface area contributed by atoms with E-state index >= 15 is 0 Å². The molecule has 0 nitrogen and oxygen atoms in total. The molecule has 0 heteroatoms. The number of hydrogen-bond donors (Lipinski definition) is 0. The van der Waals surface area contributed by atoms with E-state index in [9.17, 15) is 0 Å². The quantitative estimate of drug-likeness (QED) is 0.481. The zero-order valence-electron chi connectivity index (χ0n) is 21.0. The lowest BCUT2D eigenvalue weighted by Gasteiger charge is -2.29. The van der Waals surface area contributed by atoms with Crippen molar-refractivity contribution in [3.63, 3.8) is 0 Å². The van der Waals surface area contributed by atoms with Gasteiger partial charge in [-0.2, -0.15) is 0 Å². The average Bonchev–Trinajstić information content (AvgIpc) is 3.01. The SMILES string of the molecule is CCCC1=Cc2c(ccc(C(C)(C)C)c2-c2cc(C(C)(C)C)cc(C(C)(C)C)c2)[CH]1. The summed E-state index contributed by atoms with van der Waals surface area (Å²) in [5, 5.41) is 0. The van der Waals surface area contributed by atoms with Crippen LogP contribution in [0.3, 0.4) is 0 Å². The van der Waals surface area contributed by atoms with E-state index in [-0.39, 0.29) is 16.2 Å². The van der Waals surface area contributed by atoms with E-state index in [0.717, 1.165) is 6.42 Å². The largest absolute Gasteiger partial charge is 0.0651 e. The van der Waals surface area contributed by atoms with E-state index in [1.165, 1.54) is 50.9 Å². The van der Waals surface area contributed by atoms with Crippen LogP contribution in [0.15, 0.2) is 35.9 Å². The molecule has 3 rings (SSSR count). The molecule has 0 fully saturated rings. The normalized spacial score (nSPS) is 14.7. The smallest absolute Gasteiger partial charge is 0.0164 e. The minimum absolute atomic E-state index is 0.0886. The number of allylic oxidation sites excluding steroid dienone is 1. The molecule has 0 atom stereocenters. The third kappa shape index (κ3) is 4.58.